The number of furan rings is 1. The van der Waals surface area contributed by atoms with Crippen LogP contribution in [0.1, 0.15) is 11.1 Å². The predicted octanol–water partition coefficient (Wildman–Crippen LogP) is 6.31. The smallest absolute Gasteiger partial charge is 0.222 e. The summed E-state index contributed by atoms with van der Waals surface area (Å²) >= 11 is 1.88. The van der Waals surface area contributed by atoms with Crippen LogP contribution in [0.25, 0.3) is 44.0 Å². The van der Waals surface area contributed by atoms with Gasteiger partial charge in [-0.1, -0.05) is 42.1 Å². The fourth-order valence-electron chi connectivity index (χ4n) is 4.57. The van der Waals surface area contributed by atoms with Gasteiger partial charge in [0.2, 0.25) is 5.69 Å². The summed E-state index contributed by atoms with van der Waals surface area (Å²) in [5.74, 6) is 0. The van der Waals surface area contributed by atoms with E-state index in [1.165, 1.54) is 53.7 Å². The van der Waals surface area contributed by atoms with Crippen LogP contribution in [0.3, 0.4) is 0 Å². The SMILES string of the molecule is Cc1cccc2c1-c1c3c(cc4c5ccccc5oc4c3c(C)c[n+]1C)S2. The van der Waals surface area contributed by atoms with Crippen LogP contribution in [0.15, 0.2) is 68.9 Å². The number of hydrogen-bond donors (Lipinski definition) is 0. The molecule has 1 aliphatic heterocycles. The zero-order valence-electron chi connectivity index (χ0n) is 15.5. The lowest BCUT2D eigenvalue weighted by atomic mass is 9.95. The molecule has 3 heteroatoms. The van der Waals surface area contributed by atoms with Crippen molar-refractivity contribution in [3.05, 3.63) is 65.9 Å². The summed E-state index contributed by atoms with van der Waals surface area (Å²) in [7, 11) is 2.15. The molecule has 3 aromatic carbocycles. The largest absolute Gasteiger partial charge is 0.455 e. The van der Waals surface area contributed by atoms with Gasteiger partial charge in [0.25, 0.3) is 0 Å². The molecule has 0 spiro atoms. The second kappa shape index (κ2) is 5.14. The second-order valence-corrected chi connectivity index (χ2v) is 8.51. The van der Waals surface area contributed by atoms with Crippen molar-refractivity contribution in [1.82, 2.24) is 0 Å². The van der Waals surface area contributed by atoms with Crippen LogP contribution >= 0.6 is 11.8 Å². The third kappa shape index (κ3) is 1.90. The minimum Gasteiger partial charge on any atom is -0.455 e. The Balaban J connectivity index is 1.91. The Hall–Kier alpha value is -2.78. The average molecular weight is 368 g/mol. The molecule has 0 fully saturated rings. The maximum absolute atomic E-state index is 6.36. The van der Waals surface area contributed by atoms with Gasteiger partial charge in [0.15, 0.2) is 6.20 Å². The Morgan fingerprint density at radius 1 is 0.852 bits per heavy atom. The number of hydrogen-bond acceptors (Lipinski definition) is 2. The van der Waals surface area contributed by atoms with Gasteiger partial charge in [-0.15, -0.1) is 0 Å². The maximum Gasteiger partial charge on any atom is 0.222 e. The first-order valence-corrected chi connectivity index (χ1v) is 10.00. The monoisotopic (exact) mass is 368 g/mol. The standard InChI is InChI=1S/C24H18NOS/c1-13-7-6-10-18-20(13)23-22-19(27-18)11-16-15-8-4-5-9-17(15)26-24(16)21(22)14(2)12-25(23)3/h4-12H,1-3H3/q+1. The molecule has 0 radical (unpaired) electrons. The van der Waals surface area contributed by atoms with Crippen LogP contribution in [-0.2, 0) is 7.05 Å². The van der Waals surface area contributed by atoms with Gasteiger partial charge in [0, 0.05) is 31.5 Å². The summed E-state index contributed by atoms with van der Waals surface area (Å²) in [6, 6.07) is 17.3. The van der Waals surface area contributed by atoms with Gasteiger partial charge < -0.3 is 4.42 Å². The van der Waals surface area contributed by atoms with E-state index in [2.05, 4.69) is 74.1 Å². The first-order valence-electron chi connectivity index (χ1n) is 9.18. The Kier molecular flexibility index (Phi) is 2.91. The summed E-state index contributed by atoms with van der Waals surface area (Å²) in [6.07, 6.45) is 2.24. The number of nitrogens with zero attached hydrogens (tertiary/aromatic N) is 1. The molecular formula is C24H18NOS+. The van der Waals surface area contributed by atoms with Crippen molar-refractivity contribution in [2.45, 2.75) is 23.6 Å². The van der Waals surface area contributed by atoms with Crippen LogP contribution in [0.2, 0.25) is 0 Å². The van der Waals surface area contributed by atoms with E-state index in [4.69, 9.17) is 4.42 Å². The van der Waals surface area contributed by atoms with Crippen LogP contribution in [-0.4, -0.2) is 0 Å². The normalized spacial score (nSPS) is 12.9. The summed E-state index contributed by atoms with van der Waals surface area (Å²) in [4.78, 5) is 2.65. The van der Waals surface area contributed by atoms with Gasteiger partial charge in [-0.25, -0.2) is 4.57 Å². The molecule has 2 aromatic heterocycles. The molecular weight excluding hydrogens is 350 g/mol. The van der Waals surface area contributed by atoms with Gasteiger partial charge in [-0.3, -0.25) is 0 Å². The number of pyridine rings is 1. The molecule has 0 aliphatic carbocycles. The summed E-state index contributed by atoms with van der Waals surface area (Å²) in [6.45, 7) is 4.39. The summed E-state index contributed by atoms with van der Waals surface area (Å²) in [5.41, 5.74) is 7.17. The van der Waals surface area contributed by atoms with E-state index in [0.717, 1.165) is 11.2 Å². The van der Waals surface area contributed by atoms with E-state index in [-0.39, 0.29) is 0 Å². The van der Waals surface area contributed by atoms with Crippen molar-refractivity contribution in [3.63, 3.8) is 0 Å². The van der Waals surface area contributed by atoms with Crippen LogP contribution < -0.4 is 4.57 Å². The molecule has 0 saturated carbocycles. The Labute approximate surface area is 161 Å². The molecule has 0 N–H and O–H groups in total. The van der Waals surface area contributed by atoms with Crippen molar-refractivity contribution < 1.29 is 8.98 Å². The van der Waals surface area contributed by atoms with Crippen LogP contribution in [0, 0.1) is 13.8 Å². The molecule has 27 heavy (non-hydrogen) atoms. The van der Waals surface area contributed by atoms with Crippen molar-refractivity contribution in [1.29, 1.82) is 0 Å². The Bertz CT molecular complexity index is 1430. The highest BCUT2D eigenvalue weighted by Gasteiger charge is 2.31. The molecule has 3 heterocycles. The van der Waals surface area contributed by atoms with Crippen LogP contribution in [0.4, 0.5) is 0 Å². The molecule has 6 rings (SSSR count). The quantitative estimate of drug-likeness (QED) is 0.292. The van der Waals surface area contributed by atoms with Gasteiger partial charge in [0.05, 0.1) is 10.9 Å². The highest BCUT2D eigenvalue weighted by molar-refractivity contribution is 7.99. The van der Waals surface area contributed by atoms with E-state index in [1.807, 2.05) is 17.8 Å². The Morgan fingerprint density at radius 2 is 1.70 bits per heavy atom. The van der Waals surface area contributed by atoms with E-state index >= 15 is 0 Å². The van der Waals surface area contributed by atoms with E-state index in [0.29, 0.717) is 0 Å². The molecule has 130 valence electrons. The summed E-state index contributed by atoms with van der Waals surface area (Å²) in [5, 5.41) is 4.96. The Morgan fingerprint density at radius 3 is 2.59 bits per heavy atom. The lowest BCUT2D eigenvalue weighted by Gasteiger charge is -2.20. The van der Waals surface area contributed by atoms with E-state index < -0.39 is 0 Å². The van der Waals surface area contributed by atoms with Crippen molar-refractivity contribution in [2.75, 3.05) is 0 Å². The first-order chi connectivity index (χ1) is 13.1. The zero-order valence-corrected chi connectivity index (χ0v) is 16.3. The van der Waals surface area contributed by atoms with Crippen LogP contribution in [0.5, 0.6) is 0 Å². The second-order valence-electron chi connectivity index (χ2n) is 7.42. The topological polar surface area (TPSA) is 17.0 Å². The van der Waals surface area contributed by atoms with E-state index in [1.54, 1.807) is 0 Å². The number of fused-ring (bicyclic) bond motifs is 6. The zero-order chi connectivity index (χ0) is 18.3. The lowest BCUT2D eigenvalue weighted by Crippen LogP contribution is -2.32. The van der Waals surface area contributed by atoms with Gasteiger partial charge in [0.1, 0.15) is 18.2 Å². The number of aromatic nitrogens is 1. The number of benzene rings is 3. The number of aryl methyl sites for hydroxylation is 3. The molecule has 0 unspecified atom stereocenters. The van der Waals surface area contributed by atoms with Gasteiger partial charge in [-0.2, -0.15) is 0 Å². The van der Waals surface area contributed by atoms with Crippen molar-refractivity contribution in [3.8, 4) is 11.3 Å². The van der Waals surface area contributed by atoms with Gasteiger partial charge >= 0.3 is 0 Å². The molecule has 1 aliphatic rings. The minimum absolute atomic E-state index is 0.957. The summed E-state index contributed by atoms with van der Waals surface area (Å²) < 4.78 is 8.64. The van der Waals surface area contributed by atoms with E-state index in [9.17, 15) is 0 Å². The molecule has 0 atom stereocenters. The first kappa shape index (κ1) is 15.3. The molecule has 0 amide bonds. The third-order valence-electron chi connectivity index (χ3n) is 5.70. The fourth-order valence-corrected chi connectivity index (χ4v) is 5.79. The molecule has 5 aromatic rings. The number of para-hydroxylation sites is 1. The molecule has 0 bridgehead atoms. The highest BCUT2D eigenvalue weighted by Crippen LogP contribution is 2.51. The lowest BCUT2D eigenvalue weighted by molar-refractivity contribution is -0.659. The van der Waals surface area contributed by atoms with Crippen molar-refractivity contribution in [2.24, 2.45) is 7.05 Å². The predicted molar refractivity (Wildman–Crippen MR) is 111 cm³/mol. The van der Waals surface area contributed by atoms with Crippen molar-refractivity contribution >= 4 is 44.5 Å². The number of rotatable bonds is 0. The molecule has 2 nitrogen and oxygen atoms in total. The minimum atomic E-state index is 0.957. The highest BCUT2D eigenvalue weighted by atomic mass is 32.2. The third-order valence-corrected chi connectivity index (χ3v) is 6.80. The fraction of sp³-hybridized carbons (Fsp3) is 0.125. The maximum atomic E-state index is 6.36. The van der Waals surface area contributed by atoms with Gasteiger partial charge in [-0.05, 0) is 37.6 Å². The molecule has 0 saturated heterocycles. The average Bonchev–Trinajstić information content (AvgIpc) is 3.02.